The summed E-state index contributed by atoms with van der Waals surface area (Å²) in [5.41, 5.74) is 0.843. The maximum atomic E-state index is 13.0. The van der Waals surface area contributed by atoms with Crippen LogP contribution in [0.25, 0.3) is 10.8 Å². The third kappa shape index (κ3) is 1.66. The van der Waals surface area contributed by atoms with Crippen molar-refractivity contribution in [3.05, 3.63) is 42.0 Å². The average molecular weight is 200 g/mol. The van der Waals surface area contributed by atoms with Crippen LogP contribution in [0.5, 0.6) is 0 Å². The van der Waals surface area contributed by atoms with E-state index in [4.69, 9.17) is 5.26 Å². The van der Waals surface area contributed by atoms with Gasteiger partial charge in [-0.3, -0.25) is 4.98 Å². The highest BCUT2D eigenvalue weighted by atomic mass is 19.1. The van der Waals surface area contributed by atoms with Crippen molar-refractivity contribution < 1.29 is 4.39 Å². The summed E-state index contributed by atoms with van der Waals surface area (Å²) in [7, 11) is 0. The molecule has 1 aromatic carbocycles. The third-order valence-corrected chi connectivity index (χ3v) is 2.41. The maximum Gasteiger partial charge on any atom is 0.123 e. The van der Waals surface area contributed by atoms with Gasteiger partial charge < -0.3 is 0 Å². The molecular formula is C12H9FN2. The highest BCUT2D eigenvalue weighted by Crippen LogP contribution is 2.24. The van der Waals surface area contributed by atoms with Gasteiger partial charge in [0.15, 0.2) is 0 Å². The quantitative estimate of drug-likeness (QED) is 0.709. The van der Waals surface area contributed by atoms with Crippen molar-refractivity contribution in [2.45, 2.75) is 12.8 Å². The van der Waals surface area contributed by atoms with Gasteiger partial charge in [-0.1, -0.05) is 6.07 Å². The summed E-state index contributed by atoms with van der Waals surface area (Å²) in [6.45, 7) is 1.81. The van der Waals surface area contributed by atoms with Gasteiger partial charge in [0.05, 0.1) is 12.0 Å². The normalized spacial score (nSPS) is 12.3. The van der Waals surface area contributed by atoms with E-state index in [0.717, 1.165) is 16.3 Å². The highest BCUT2D eigenvalue weighted by Gasteiger charge is 2.08. The molecule has 1 aromatic heterocycles. The van der Waals surface area contributed by atoms with Gasteiger partial charge in [0, 0.05) is 17.8 Å². The Balaban J connectivity index is 2.72. The molecule has 0 aliphatic heterocycles. The molecule has 15 heavy (non-hydrogen) atoms. The van der Waals surface area contributed by atoms with Gasteiger partial charge in [-0.15, -0.1) is 0 Å². The number of nitriles is 1. The van der Waals surface area contributed by atoms with Crippen molar-refractivity contribution in [3.8, 4) is 6.07 Å². The van der Waals surface area contributed by atoms with E-state index in [-0.39, 0.29) is 11.7 Å². The topological polar surface area (TPSA) is 36.7 Å². The number of rotatable bonds is 1. The van der Waals surface area contributed by atoms with Crippen LogP contribution in [0.15, 0.2) is 30.6 Å². The first kappa shape index (κ1) is 9.60. The summed E-state index contributed by atoms with van der Waals surface area (Å²) in [6.07, 6.45) is 3.26. The monoisotopic (exact) mass is 200 g/mol. The largest absolute Gasteiger partial charge is 0.264 e. The molecule has 0 fully saturated rings. The standard InChI is InChI=1S/C12H9FN2/c1-8(5-14)12-7-15-6-9-4-10(13)2-3-11(9)12/h2-4,6-8H,1H3. The lowest BCUT2D eigenvalue weighted by Crippen LogP contribution is -1.93. The fourth-order valence-electron chi connectivity index (χ4n) is 1.59. The molecule has 0 aliphatic carbocycles. The van der Waals surface area contributed by atoms with Gasteiger partial charge in [-0.25, -0.2) is 4.39 Å². The molecule has 1 heterocycles. The zero-order valence-electron chi connectivity index (χ0n) is 8.24. The fourth-order valence-corrected chi connectivity index (χ4v) is 1.59. The first-order valence-corrected chi connectivity index (χ1v) is 4.65. The van der Waals surface area contributed by atoms with Crippen LogP contribution in [0.4, 0.5) is 4.39 Å². The number of aromatic nitrogens is 1. The lowest BCUT2D eigenvalue weighted by Gasteiger charge is -2.06. The second kappa shape index (κ2) is 3.66. The Kier molecular flexibility index (Phi) is 2.34. The molecule has 74 valence electrons. The SMILES string of the molecule is CC(C#N)c1cncc2cc(F)ccc12. The Hall–Kier alpha value is -1.95. The van der Waals surface area contributed by atoms with Crippen molar-refractivity contribution in [1.29, 1.82) is 5.26 Å². The zero-order valence-corrected chi connectivity index (χ0v) is 8.24. The van der Waals surface area contributed by atoms with Gasteiger partial charge in [-0.05, 0) is 30.0 Å². The van der Waals surface area contributed by atoms with E-state index >= 15 is 0 Å². The van der Waals surface area contributed by atoms with Crippen LogP contribution in [0.3, 0.4) is 0 Å². The third-order valence-electron chi connectivity index (χ3n) is 2.41. The predicted octanol–water partition coefficient (Wildman–Crippen LogP) is 3.00. The summed E-state index contributed by atoms with van der Waals surface area (Å²) in [6, 6.07) is 6.67. The van der Waals surface area contributed by atoms with E-state index in [2.05, 4.69) is 11.1 Å². The number of pyridine rings is 1. The smallest absolute Gasteiger partial charge is 0.123 e. The number of benzene rings is 1. The molecule has 0 saturated carbocycles. The molecule has 1 unspecified atom stereocenters. The molecule has 1 atom stereocenters. The van der Waals surface area contributed by atoms with Crippen LogP contribution in [-0.4, -0.2) is 4.98 Å². The van der Waals surface area contributed by atoms with Gasteiger partial charge in [0.2, 0.25) is 0 Å². The Bertz CT molecular complexity index is 543. The summed E-state index contributed by atoms with van der Waals surface area (Å²) in [5, 5.41) is 10.5. The molecule has 2 nitrogen and oxygen atoms in total. The molecule has 0 bridgehead atoms. The van der Waals surface area contributed by atoms with Crippen LogP contribution in [0.1, 0.15) is 18.4 Å². The summed E-state index contributed by atoms with van der Waals surface area (Å²) in [4.78, 5) is 4.01. The minimum Gasteiger partial charge on any atom is -0.264 e. The van der Waals surface area contributed by atoms with Crippen molar-refractivity contribution in [2.24, 2.45) is 0 Å². The lowest BCUT2D eigenvalue weighted by molar-refractivity contribution is 0.629. The van der Waals surface area contributed by atoms with E-state index in [1.165, 1.54) is 12.1 Å². The average Bonchev–Trinajstić information content (AvgIpc) is 2.26. The second-order valence-corrected chi connectivity index (χ2v) is 3.44. The molecule has 3 heteroatoms. The number of halogens is 1. The first-order chi connectivity index (χ1) is 7.22. The Morgan fingerprint density at radius 2 is 2.20 bits per heavy atom. The molecule has 0 saturated heterocycles. The molecule has 0 radical (unpaired) electrons. The summed E-state index contributed by atoms with van der Waals surface area (Å²) < 4.78 is 13.0. The van der Waals surface area contributed by atoms with Gasteiger partial charge in [-0.2, -0.15) is 5.26 Å². The van der Waals surface area contributed by atoms with E-state index in [9.17, 15) is 4.39 Å². The van der Waals surface area contributed by atoms with Crippen molar-refractivity contribution in [2.75, 3.05) is 0 Å². The van der Waals surface area contributed by atoms with E-state index < -0.39 is 0 Å². The van der Waals surface area contributed by atoms with Crippen molar-refractivity contribution >= 4 is 10.8 Å². The Morgan fingerprint density at radius 3 is 2.93 bits per heavy atom. The summed E-state index contributed by atoms with van der Waals surface area (Å²) in [5.74, 6) is -0.516. The van der Waals surface area contributed by atoms with E-state index in [0.29, 0.717) is 0 Å². The number of hydrogen-bond donors (Lipinski definition) is 0. The Labute approximate surface area is 87.0 Å². The van der Waals surface area contributed by atoms with E-state index in [1.807, 2.05) is 0 Å². The minimum absolute atomic E-state index is 0.230. The molecule has 2 rings (SSSR count). The maximum absolute atomic E-state index is 13.0. The van der Waals surface area contributed by atoms with Crippen LogP contribution >= 0.6 is 0 Å². The zero-order chi connectivity index (χ0) is 10.8. The lowest BCUT2D eigenvalue weighted by atomic mass is 9.98. The molecule has 0 spiro atoms. The summed E-state index contributed by atoms with van der Waals surface area (Å²) >= 11 is 0. The van der Waals surface area contributed by atoms with Crippen molar-refractivity contribution in [3.63, 3.8) is 0 Å². The van der Waals surface area contributed by atoms with Crippen LogP contribution in [0, 0.1) is 17.1 Å². The molecule has 0 aliphatic rings. The minimum atomic E-state index is -0.286. The fraction of sp³-hybridized carbons (Fsp3) is 0.167. The number of nitrogens with zero attached hydrogens (tertiary/aromatic N) is 2. The molecule has 2 aromatic rings. The molecule has 0 N–H and O–H groups in total. The molecule has 0 amide bonds. The van der Waals surface area contributed by atoms with Crippen LogP contribution in [0.2, 0.25) is 0 Å². The highest BCUT2D eigenvalue weighted by molar-refractivity contribution is 5.85. The Morgan fingerprint density at radius 1 is 1.40 bits per heavy atom. The number of hydrogen-bond acceptors (Lipinski definition) is 2. The second-order valence-electron chi connectivity index (χ2n) is 3.44. The predicted molar refractivity (Wildman–Crippen MR) is 55.7 cm³/mol. The van der Waals surface area contributed by atoms with Crippen LogP contribution in [-0.2, 0) is 0 Å². The molecular weight excluding hydrogens is 191 g/mol. The van der Waals surface area contributed by atoms with Gasteiger partial charge in [0.25, 0.3) is 0 Å². The van der Waals surface area contributed by atoms with Gasteiger partial charge in [0.1, 0.15) is 5.82 Å². The van der Waals surface area contributed by atoms with Gasteiger partial charge >= 0.3 is 0 Å². The van der Waals surface area contributed by atoms with Crippen LogP contribution < -0.4 is 0 Å². The number of fused-ring (bicyclic) bond motifs is 1. The van der Waals surface area contributed by atoms with Crippen molar-refractivity contribution in [1.82, 2.24) is 4.98 Å². The van der Waals surface area contributed by atoms with E-state index in [1.54, 1.807) is 25.4 Å². The first-order valence-electron chi connectivity index (χ1n) is 4.65.